The van der Waals surface area contributed by atoms with E-state index in [0.717, 1.165) is 18.5 Å². The van der Waals surface area contributed by atoms with E-state index in [4.69, 9.17) is 10.8 Å². The van der Waals surface area contributed by atoms with Gasteiger partial charge in [0, 0.05) is 5.69 Å². The van der Waals surface area contributed by atoms with Crippen LogP contribution in [0.5, 0.6) is 0 Å². The topological polar surface area (TPSA) is 79.1 Å². The van der Waals surface area contributed by atoms with Crippen molar-refractivity contribution in [2.75, 3.05) is 5.73 Å². The molecule has 0 bridgehead atoms. The number of aromatic nitrogens is 1. The Balaban J connectivity index is 2.92. The summed E-state index contributed by atoms with van der Waals surface area (Å²) in [5, 5.41) is 8.60. The highest BCUT2D eigenvalue weighted by Crippen LogP contribution is 2.14. The molecule has 0 saturated heterocycles. The molecule has 4 N–H and O–H groups in total. The van der Waals surface area contributed by atoms with Crippen molar-refractivity contribution in [3.63, 3.8) is 0 Å². The zero-order valence-electron chi connectivity index (χ0n) is 6.92. The van der Waals surface area contributed by atoms with Crippen LogP contribution in [0.3, 0.4) is 0 Å². The molecular weight excluding hydrogens is 156 g/mol. The van der Waals surface area contributed by atoms with E-state index in [1.807, 2.05) is 6.92 Å². The van der Waals surface area contributed by atoms with Crippen LogP contribution in [0.2, 0.25) is 0 Å². The van der Waals surface area contributed by atoms with E-state index < -0.39 is 5.97 Å². The van der Waals surface area contributed by atoms with Crippen LogP contribution in [0, 0.1) is 0 Å². The zero-order valence-corrected chi connectivity index (χ0v) is 6.92. The van der Waals surface area contributed by atoms with Crippen molar-refractivity contribution in [3.05, 3.63) is 17.5 Å². The number of nitrogens with two attached hydrogens (primary N) is 1. The van der Waals surface area contributed by atoms with Crippen LogP contribution in [-0.2, 0) is 6.42 Å². The summed E-state index contributed by atoms with van der Waals surface area (Å²) >= 11 is 0. The first kappa shape index (κ1) is 8.64. The van der Waals surface area contributed by atoms with E-state index in [9.17, 15) is 4.79 Å². The number of aromatic carboxylic acids is 1. The van der Waals surface area contributed by atoms with Crippen LogP contribution < -0.4 is 5.73 Å². The van der Waals surface area contributed by atoms with Gasteiger partial charge >= 0.3 is 5.97 Å². The molecule has 0 atom stereocenters. The molecule has 0 fully saturated rings. The number of hydrogen-bond acceptors (Lipinski definition) is 2. The average molecular weight is 168 g/mol. The molecule has 4 nitrogen and oxygen atoms in total. The summed E-state index contributed by atoms with van der Waals surface area (Å²) < 4.78 is 0. The Kier molecular flexibility index (Phi) is 2.38. The highest BCUT2D eigenvalue weighted by molar-refractivity contribution is 5.87. The number of carboxylic acid groups (broad SMARTS) is 1. The molecule has 1 aromatic rings. The molecule has 0 aliphatic rings. The number of H-pyrrole nitrogens is 1. The lowest BCUT2D eigenvalue weighted by molar-refractivity contribution is 0.0691. The smallest absolute Gasteiger partial charge is 0.352 e. The number of hydrogen-bond donors (Lipinski definition) is 3. The summed E-state index contributed by atoms with van der Waals surface area (Å²) in [5.74, 6) is -0.968. The fraction of sp³-hybridized carbons (Fsp3) is 0.375. The van der Waals surface area contributed by atoms with Gasteiger partial charge in [0.25, 0.3) is 0 Å². The van der Waals surface area contributed by atoms with Crippen LogP contribution in [-0.4, -0.2) is 16.1 Å². The van der Waals surface area contributed by atoms with E-state index in [0.29, 0.717) is 5.69 Å². The summed E-state index contributed by atoms with van der Waals surface area (Å²) in [6, 6.07) is 1.45. The van der Waals surface area contributed by atoms with Crippen molar-refractivity contribution in [2.45, 2.75) is 19.8 Å². The third-order valence-electron chi connectivity index (χ3n) is 1.66. The highest BCUT2D eigenvalue weighted by atomic mass is 16.4. The van der Waals surface area contributed by atoms with Gasteiger partial charge in [0.05, 0.1) is 5.69 Å². The molecule has 0 radical (unpaired) electrons. The fourth-order valence-corrected chi connectivity index (χ4v) is 1.09. The maximum Gasteiger partial charge on any atom is 0.352 e. The number of rotatable bonds is 3. The second-order valence-electron chi connectivity index (χ2n) is 2.67. The van der Waals surface area contributed by atoms with E-state index in [2.05, 4.69) is 4.98 Å². The molecule has 0 aliphatic carbocycles. The second kappa shape index (κ2) is 3.30. The van der Waals surface area contributed by atoms with Crippen LogP contribution >= 0.6 is 0 Å². The molecule has 12 heavy (non-hydrogen) atoms. The number of nitrogens with one attached hydrogen (secondary N) is 1. The van der Waals surface area contributed by atoms with Gasteiger partial charge in [0.15, 0.2) is 0 Å². The molecule has 4 heteroatoms. The molecule has 0 aliphatic heterocycles. The molecule has 0 spiro atoms. The summed E-state index contributed by atoms with van der Waals surface area (Å²) in [6.45, 7) is 2.01. The molecule has 0 unspecified atom stereocenters. The number of aromatic amines is 1. The van der Waals surface area contributed by atoms with Gasteiger partial charge in [-0.25, -0.2) is 4.79 Å². The number of nitrogen functional groups attached to an aromatic ring is 1. The molecule has 1 aromatic heterocycles. The number of aryl methyl sites for hydroxylation is 1. The summed E-state index contributed by atoms with van der Waals surface area (Å²) in [5.41, 5.74) is 7.08. The molecule has 0 amide bonds. The predicted molar refractivity (Wildman–Crippen MR) is 46.2 cm³/mol. The van der Waals surface area contributed by atoms with Crippen LogP contribution in [0.25, 0.3) is 0 Å². The van der Waals surface area contributed by atoms with Crippen molar-refractivity contribution < 1.29 is 9.90 Å². The Morgan fingerprint density at radius 3 is 2.83 bits per heavy atom. The Morgan fingerprint density at radius 1 is 1.75 bits per heavy atom. The second-order valence-corrected chi connectivity index (χ2v) is 2.67. The first-order chi connectivity index (χ1) is 5.65. The largest absolute Gasteiger partial charge is 0.477 e. The normalized spacial score (nSPS) is 10.1. The highest BCUT2D eigenvalue weighted by Gasteiger charge is 2.09. The molecule has 0 aromatic carbocycles. The summed E-state index contributed by atoms with van der Waals surface area (Å²) in [6.07, 6.45) is 1.74. The molecule has 1 rings (SSSR count). The van der Waals surface area contributed by atoms with Crippen molar-refractivity contribution in [1.29, 1.82) is 0 Å². The third kappa shape index (κ3) is 1.58. The van der Waals surface area contributed by atoms with Gasteiger partial charge < -0.3 is 15.8 Å². The minimum absolute atomic E-state index is 0.163. The number of carboxylic acids is 1. The Hall–Kier alpha value is -1.45. The molecule has 0 saturated carbocycles. The van der Waals surface area contributed by atoms with Crippen LogP contribution in [0.1, 0.15) is 29.5 Å². The van der Waals surface area contributed by atoms with E-state index >= 15 is 0 Å². The quantitative estimate of drug-likeness (QED) is 0.635. The van der Waals surface area contributed by atoms with Gasteiger partial charge in [-0.3, -0.25) is 0 Å². The lowest BCUT2D eigenvalue weighted by Crippen LogP contribution is -1.96. The minimum atomic E-state index is -0.968. The number of anilines is 1. The van der Waals surface area contributed by atoms with E-state index in [-0.39, 0.29) is 5.69 Å². The third-order valence-corrected chi connectivity index (χ3v) is 1.66. The first-order valence-corrected chi connectivity index (χ1v) is 3.85. The van der Waals surface area contributed by atoms with Crippen LogP contribution in [0.15, 0.2) is 6.07 Å². The minimum Gasteiger partial charge on any atom is -0.477 e. The summed E-state index contributed by atoms with van der Waals surface area (Å²) in [7, 11) is 0. The van der Waals surface area contributed by atoms with Gasteiger partial charge in [-0.1, -0.05) is 13.3 Å². The lowest BCUT2D eigenvalue weighted by atomic mass is 10.2. The molecule has 66 valence electrons. The Labute approximate surface area is 70.4 Å². The van der Waals surface area contributed by atoms with Crippen molar-refractivity contribution in [3.8, 4) is 0 Å². The maximum atomic E-state index is 10.5. The first-order valence-electron chi connectivity index (χ1n) is 3.85. The van der Waals surface area contributed by atoms with Gasteiger partial charge in [-0.05, 0) is 12.5 Å². The monoisotopic (exact) mass is 168 g/mol. The van der Waals surface area contributed by atoms with Crippen molar-refractivity contribution in [1.82, 2.24) is 4.98 Å². The van der Waals surface area contributed by atoms with E-state index in [1.54, 1.807) is 0 Å². The van der Waals surface area contributed by atoms with Gasteiger partial charge in [-0.15, -0.1) is 0 Å². The zero-order chi connectivity index (χ0) is 9.14. The van der Waals surface area contributed by atoms with Gasteiger partial charge in [0.1, 0.15) is 5.69 Å². The Morgan fingerprint density at radius 2 is 2.42 bits per heavy atom. The lowest BCUT2D eigenvalue weighted by Gasteiger charge is -1.94. The summed E-state index contributed by atoms with van der Waals surface area (Å²) in [4.78, 5) is 13.2. The molecular formula is C8H12N2O2. The fourth-order valence-electron chi connectivity index (χ4n) is 1.09. The standard InChI is InChI=1S/C8H12N2O2/c1-2-3-6-5(9)4-7(10-6)8(11)12/h4,10H,2-3,9H2,1H3,(H,11,12). The Bertz CT molecular complexity index is 291. The van der Waals surface area contributed by atoms with Crippen molar-refractivity contribution >= 4 is 11.7 Å². The van der Waals surface area contributed by atoms with Gasteiger partial charge in [-0.2, -0.15) is 0 Å². The average Bonchev–Trinajstić information content (AvgIpc) is 2.34. The van der Waals surface area contributed by atoms with E-state index in [1.165, 1.54) is 6.07 Å². The van der Waals surface area contributed by atoms with Gasteiger partial charge in [0.2, 0.25) is 0 Å². The maximum absolute atomic E-state index is 10.5. The molecule has 1 heterocycles. The van der Waals surface area contributed by atoms with Crippen molar-refractivity contribution in [2.24, 2.45) is 0 Å². The SMILES string of the molecule is CCCc1[nH]c(C(=O)O)cc1N. The predicted octanol–water partition coefficient (Wildman–Crippen LogP) is 1.25. The number of carbonyl (C=O) groups is 1. The van der Waals surface area contributed by atoms with Crippen LogP contribution in [0.4, 0.5) is 5.69 Å².